The zero-order valence-corrected chi connectivity index (χ0v) is 19.7. The lowest BCUT2D eigenvalue weighted by Crippen LogP contribution is -2.32. The topological polar surface area (TPSA) is 106 Å². The van der Waals surface area contributed by atoms with Gasteiger partial charge in [0.25, 0.3) is 0 Å². The zero-order valence-electron chi connectivity index (χ0n) is 18.1. The van der Waals surface area contributed by atoms with Gasteiger partial charge in [0.05, 0.1) is 24.6 Å². The Balaban J connectivity index is 1.61. The van der Waals surface area contributed by atoms with Crippen LogP contribution < -0.4 is 20.2 Å². The second-order valence-corrected chi connectivity index (χ2v) is 7.86. The molecule has 0 fully saturated rings. The molecule has 0 aromatic heterocycles. The molecular formula is C24H19BrFN3O5. The molecule has 0 saturated carbocycles. The van der Waals surface area contributed by atoms with Crippen molar-refractivity contribution < 1.29 is 28.2 Å². The number of carbonyl (C=O) groups excluding carboxylic acids is 3. The first kappa shape index (κ1) is 24.6. The van der Waals surface area contributed by atoms with E-state index >= 15 is 0 Å². The zero-order chi connectivity index (χ0) is 24.7. The predicted molar refractivity (Wildman–Crippen MR) is 128 cm³/mol. The molecule has 0 aliphatic rings. The molecule has 0 radical (unpaired) electrons. The summed E-state index contributed by atoms with van der Waals surface area (Å²) in [4.78, 5) is 36.2. The molecule has 2 N–H and O–H groups in total. The van der Waals surface area contributed by atoms with E-state index in [0.717, 1.165) is 11.6 Å². The Labute approximate surface area is 202 Å². The number of carbonyl (C=O) groups is 3. The van der Waals surface area contributed by atoms with Crippen molar-refractivity contribution in [1.82, 2.24) is 5.43 Å². The third kappa shape index (κ3) is 6.48. The Kier molecular flexibility index (Phi) is 8.10. The van der Waals surface area contributed by atoms with E-state index < -0.39 is 23.6 Å². The Morgan fingerprint density at radius 1 is 0.971 bits per heavy atom. The van der Waals surface area contributed by atoms with Crippen LogP contribution in [0.3, 0.4) is 0 Å². The van der Waals surface area contributed by atoms with Gasteiger partial charge in [-0.2, -0.15) is 5.10 Å². The predicted octanol–water partition coefficient (Wildman–Crippen LogP) is 4.21. The van der Waals surface area contributed by atoms with Crippen LogP contribution in [0.1, 0.15) is 21.5 Å². The van der Waals surface area contributed by atoms with Gasteiger partial charge in [-0.1, -0.05) is 33.6 Å². The van der Waals surface area contributed by atoms with Crippen molar-refractivity contribution >= 4 is 45.6 Å². The van der Waals surface area contributed by atoms with Crippen molar-refractivity contribution in [2.45, 2.75) is 6.92 Å². The lowest BCUT2D eigenvalue weighted by atomic mass is 10.1. The van der Waals surface area contributed by atoms with Crippen LogP contribution in [-0.4, -0.2) is 31.1 Å². The minimum Gasteiger partial charge on any atom is -0.493 e. The van der Waals surface area contributed by atoms with Crippen LogP contribution in [0.4, 0.5) is 10.1 Å². The summed E-state index contributed by atoms with van der Waals surface area (Å²) in [6.45, 7) is 1.91. The number of rotatable bonds is 6. The maximum atomic E-state index is 13.8. The summed E-state index contributed by atoms with van der Waals surface area (Å²) in [6.07, 6.45) is 1.26. The monoisotopic (exact) mass is 527 g/mol. The molecular weight excluding hydrogens is 509 g/mol. The van der Waals surface area contributed by atoms with Crippen molar-refractivity contribution in [2.24, 2.45) is 5.10 Å². The highest BCUT2D eigenvalue weighted by Gasteiger charge is 2.16. The van der Waals surface area contributed by atoms with E-state index in [1.165, 1.54) is 37.6 Å². The fourth-order valence-corrected chi connectivity index (χ4v) is 3.02. The summed E-state index contributed by atoms with van der Waals surface area (Å²) in [5, 5.41) is 5.87. The summed E-state index contributed by atoms with van der Waals surface area (Å²) in [5.41, 5.74) is 3.81. The molecule has 0 saturated heterocycles. The van der Waals surface area contributed by atoms with Gasteiger partial charge in [-0.05, 0) is 61.0 Å². The number of halogens is 2. The highest BCUT2D eigenvalue weighted by atomic mass is 79.9. The maximum Gasteiger partial charge on any atom is 0.343 e. The Bertz CT molecular complexity index is 1260. The number of nitrogens with zero attached hydrogens (tertiary/aromatic N) is 1. The minimum atomic E-state index is -1.09. The number of ether oxygens (including phenoxy) is 2. The summed E-state index contributed by atoms with van der Waals surface area (Å²) in [6, 6.07) is 15.5. The SMILES string of the molecule is COc1cc(C=NNC(=O)C(=O)Nc2ccc(Br)cc2F)ccc1OC(=O)c1ccc(C)cc1. The molecule has 8 nitrogen and oxygen atoms in total. The van der Waals surface area contributed by atoms with Crippen LogP contribution in [0.25, 0.3) is 0 Å². The molecule has 0 bridgehead atoms. The van der Waals surface area contributed by atoms with Gasteiger partial charge in [-0.3, -0.25) is 9.59 Å². The Hall–Kier alpha value is -4.05. The largest absolute Gasteiger partial charge is 0.493 e. The van der Waals surface area contributed by atoms with Crippen LogP contribution in [-0.2, 0) is 9.59 Å². The van der Waals surface area contributed by atoms with E-state index in [1.807, 2.05) is 6.92 Å². The second kappa shape index (κ2) is 11.2. The maximum absolute atomic E-state index is 13.8. The number of benzene rings is 3. The molecule has 0 aliphatic heterocycles. The number of hydrogen-bond acceptors (Lipinski definition) is 6. The van der Waals surface area contributed by atoms with Crippen LogP contribution in [0.5, 0.6) is 11.5 Å². The molecule has 2 amide bonds. The van der Waals surface area contributed by atoms with E-state index in [-0.39, 0.29) is 17.2 Å². The fraction of sp³-hybridized carbons (Fsp3) is 0.0833. The van der Waals surface area contributed by atoms with Crippen LogP contribution in [0.2, 0.25) is 0 Å². The summed E-state index contributed by atoms with van der Waals surface area (Å²) in [5.74, 6) is -2.96. The molecule has 3 aromatic carbocycles. The Morgan fingerprint density at radius 3 is 2.38 bits per heavy atom. The van der Waals surface area contributed by atoms with Crippen molar-refractivity contribution in [2.75, 3.05) is 12.4 Å². The van der Waals surface area contributed by atoms with Crippen molar-refractivity contribution in [3.8, 4) is 11.5 Å². The molecule has 0 atom stereocenters. The summed E-state index contributed by atoms with van der Waals surface area (Å²) < 4.78 is 24.9. The first-order chi connectivity index (χ1) is 16.3. The van der Waals surface area contributed by atoms with Gasteiger partial charge in [0.15, 0.2) is 11.5 Å². The quantitative estimate of drug-likeness (QED) is 0.164. The normalized spacial score (nSPS) is 10.6. The van der Waals surface area contributed by atoms with Gasteiger partial charge < -0.3 is 14.8 Å². The number of hydrazone groups is 1. The summed E-state index contributed by atoms with van der Waals surface area (Å²) in [7, 11) is 1.41. The number of hydrogen-bond donors (Lipinski definition) is 2. The fourth-order valence-electron chi connectivity index (χ4n) is 2.68. The van der Waals surface area contributed by atoms with Gasteiger partial charge in [0.1, 0.15) is 5.82 Å². The van der Waals surface area contributed by atoms with Gasteiger partial charge in [-0.25, -0.2) is 14.6 Å². The van der Waals surface area contributed by atoms with E-state index in [0.29, 0.717) is 15.6 Å². The van der Waals surface area contributed by atoms with Gasteiger partial charge in [0, 0.05) is 4.47 Å². The molecule has 3 rings (SSSR count). The first-order valence-electron chi connectivity index (χ1n) is 9.83. The first-order valence-corrected chi connectivity index (χ1v) is 10.6. The number of amides is 2. The lowest BCUT2D eigenvalue weighted by molar-refractivity contribution is -0.136. The highest BCUT2D eigenvalue weighted by Crippen LogP contribution is 2.28. The molecule has 10 heteroatoms. The van der Waals surface area contributed by atoms with Crippen molar-refractivity contribution in [1.29, 1.82) is 0 Å². The van der Waals surface area contributed by atoms with Crippen molar-refractivity contribution in [3.63, 3.8) is 0 Å². The molecule has 34 heavy (non-hydrogen) atoms. The summed E-state index contributed by atoms with van der Waals surface area (Å²) >= 11 is 3.10. The lowest BCUT2D eigenvalue weighted by Gasteiger charge is -2.10. The number of nitrogens with one attached hydrogen (secondary N) is 2. The molecule has 0 aliphatic carbocycles. The number of anilines is 1. The van der Waals surface area contributed by atoms with Crippen LogP contribution in [0, 0.1) is 12.7 Å². The van der Waals surface area contributed by atoms with E-state index in [4.69, 9.17) is 9.47 Å². The molecule has 174 valence electrons. The number of aryl methyl sites for hydroxylation is 1. The minimum absolute atomic E-state index is 0.146. The van der Waals surface area contributed by atoms with Gasteiger partial charge >= 0.3 is 17.8 Å². The smallest absolute Gasteiger partial charge is 0.343 e. The van der Waals surface area contributed by atoms with E-state index in [9.17, 15) is 18.8 Å². The highest BCUT2D eigenvalue weighted by molar-refractivity contribution is 9.10. The standard InChI is InChI=1S/C24H19BrFN3O5/c1-14-3-6-16(7-4-14)24(32)34-20-10-5-15(11-21(20)33-2)13-27-29-23(31)22(30)28-19-9-8-17(25)12-18(19)26/h3-13H,1-2H3,(H,28,30)(H,29,31). The third-order valence-corrected chi connectivity index (χ3v) is 4.94. The van der Waals surface area contributed by atoms with Crippen LogP contribution >= 0.6 is 15.9 Å². The Morgan fingerprint density at radius 2 is 1.71 bits per heavy atom. The van der Waals surface area contributed by atoms with Crippen molar-refractivity contribution in [3.05, 3.63) is 87.6 Å². The molecule has 0 heterocycles. The van der Waals surface area contributed by atoms with E-state index in [1.54, 1.807) is 30.3 Å². The van der Waals surface area contributed by atoms with E-state index in [2.05, 4.69) is 31.8 Å². The van der Waals surface area contributed by atoms with Gasteiger partial charge in [-0.15, -0.1) is 0 Å². The average molecular weight is 528 g/mol. The second-order valence-electron chi connectivity index (χ2n) is 6.94. The number of esters is 1. The van der Waals surface area contributed by atoms with Crippen LogP contribution in [0.15, 0.2) is 70.2 Å². The number of methoxy groups -OCH3 is 1. The molecule has 0 unspecified atom stereocenters. The third-order valence-electron chi connectivity index (χ3n) is 4.44. The molecule has 0 spiro atoms. The molecule has 3 aromatic rings. The average Bonchev–Trinajstić information content (AvgIpc) is 2.81. The van der Waals surface area contributed by atoms with Gasteiger partial charge in [0.2, 0.25) is 0 Å².